The number of benzene rings is 2. The molecule has 1 amide bonds. The van der Waals surface area contributed by atoms with Crippen molar-refractivity contribution in [2.24, 2.45) is 0 Å². The van der Waals surface area contributed by atoms with Crippen LogP contribution in [-0.2, 0) is 0 Å². The maximum Gasteiger partial charge on any atom is 0.293 e. The molecule has 8 heteroatoms. The molecule has 0 saturated carbocycles. The van der Waals surface area contributed by atoms with Crippen molar-refractivity contribution in [2.75, 3.05) is 23.3 Å². The van der Waals surface area contributed by atoms with Crippen LogP contribution in [-0.4, -0.2) is 33.5 Å². The lowest BCUT2D eigenvalue weighted by molar-refractivity contribution is 0.101. The molecule has 1 aliphatic rings. The summed E-state index contributed by atoms with van der Waals surface area (Å²) < 4.78 is 29.5. The Hall–Kier alpha value is -3.81. The molecule has 0 spiro atoms. The van der Waals surface area contributed by atoms with Gasteiger partial charge in [-0.05, 0) is 62.9 Å². The van der Waals surface area contributed by atoms with Crippen LogP contribution in [0.3, 0.4) is 0 Å². The summed E-state index contributed by atoms with van der Waals surface area (Å²) in [7, 11) is 0. The fraction of sp³-hybridized carbons (Fsp3) is 0.269. The number of fused-ring (bicyclic) bond motifs is 1. The Balaban J connectivity index is 1.68. The number of nitrogens with zero attached hydrogens (tertiary/aromatic N) is 4. The molecule has 174 valence electrons. The van der Waals surface area contributed by atoms with Crippen molar-refractivity contribution >= 4 is 28.4 Å². The van der Waals surface area contributed by atoms with Gasteiger partial charge in [0.15, 0.2) is 5.65 Å². The average molecular weight is 462 g/mol. The van der Waals surface area contributed by atoms with Crippen molar-refractivity contribution in [1.29, 1.82) is 0 Å². The predicted octanol–water partition coefficient (Wildman–Crippen LogP) is 5.56. The first-order chi connectivity index (χ1) is 16.4. The summed E-state index contributed by atoms with van der Waals surface area (Å²) in [6.07, 6.45) is 3.25. The fourth-order valence-corrected chi connectivity index (χ4v) is 4.54. The third kappa shape index (κ3) is 3.89. The van der Waals surface area contributed by atoms with Crippen LogP contribution in [0.2, 0.25) is 0 Å². The van der Waals surface area contributed by atoms with E-state index in [1.54, 1.807) is 0 Å². The van der Waals surface area contributed by atoms with Crippen molar-refractivity contribution < 1.29 is 13.6 Å². The SMILES string of the molecule is Cc1c(C)n(-c2ccccc2)c2nc(C(=O)Nc3ccc(F)cc3F)nc(N3CCCCC3)c12. The van der Waals surface area contributed by atoms with Gasteiger partial charge in [0.2, 0.25) is 5.82 Å². The average Bonchev–Trinajstić information content (AvgIpc) is 3.11. The van der Waals surface area contributed by atoms with Crippen LogP contribution in [0.5, 0.6) is 0 Å². The lowest BCUT2D eigenvalue weighted by atomic mass is 10.1. The van der Waals surface area contributed by atoms with Crippen LogP contribution in [0.1, 0.15) is 41.1 Å². The third-order valence-corrected chi connectivity index (χ3v) is 6.39. The van der Waals surface area contributed by atoms with Crippen LogP contribution in [0, 0.1) is 25.5 Å². The molecule has 34 heavy (non-hydrogen) atoms. The Bertz CT molecular complexity index is 1380. The van der Waals surface area contributed by atoms with E-state index in [1.807, 2.05) is 48.7 Å². The van der Waals surface area contributed by atoms with Crippen molar-refractivity contribution in [3.63, 3.8) is 0 Å². The normalized spacial score (nSPS) is 13.9. The molecular weight excluding hydrogens is 436 g/mol. The second-order valence-corrected chi connectivity index (χ2v) is 8.58. The first-order valence-corrected chi connectivity index (χ1v) is 11.4. The van der Waals surface area contributed by atoms with Gasteiger partial charge in [0, 0.05) is 30.5 Å². The Morgan fingerprint density at radius 2 is 1.71 bits per heavy atom. The van der Waals surface area contributed by atoms with Crippen LogP contribution in [0.25, 0.3) is 16.7 Å². The highest BCUT2D eigenvalue weighted by Gasteiger charge is 2.26. The summed E-state index contributed by atoms with van der Waals surface area (Å²) in [6.45, 7) is 5.75. The molecule has 2 aromatic heterocycles. The first-order valence-electron chi connectivity index (χ1n) is 11.4. The number of hydrogen-bond acceptors (Lipinski definition) is 4. The third-order valence-electron chi connectivity index (χ3n) is 6.39. The Morgan fingerprint density at radius 1 is 0.971 bits per heavy atom. The maximum absolute atomic E-state index is 14.2. The Kier molecular flexibility index (Phi) is 5.73. The summed E-state index contributed by atoms with van der Waals surface area (Å²) in [5.74, 6) is -1.57. The summed E-state index contributed by atoms with van der Waals surface area (Å²) in [5.41, 5.74) is 3.49. The van der Waals surface area contributed by atoms with Gasteiger partial charge in [-0.1, -0.05) is 18.2 Å². The molecule has 1 N–H and O–H groups in total. The molecule has 0 radical (unpaired) electrons. The summed E-state index contributed by atoms with van der Waals surface area (Å²) in [6, 6.07) is 12.8. The van der Waals surface area contributed by atoms with Crippen molar-refractivity contribution in [3.05, 3.63) is 77.2 Å². The van der Waals surface area contributed by atoms with E-state index in [-0.39, 0.29) is 11.5 Å². The van der Waals surface area contributed by atoms with Gasteiger partial charge in [0.25, 0.3) is 5.91 Å². The molecule has 4 aromatic rings. The highest BCUT2D eigenvalue weighted by Crippen LogP contribution is 2.35. The minimum Gasteiger partial charge on any atom is -0.356 e. The lowest BCUT2D eigenvalue weighted by Crippen LogP contribution is -2.31. The topological polar surface area (TPSA) is 63.1 Å². The predicted molar refractivity (Wildman–Crippen MR) is 129 cm³/mol. The second-order valence-electron chi connectivity index (χ2n) is 8.58. The molecule has 2 aromatic carbocycles. The number of amides is 1. The maximum atomic E-state index is 14.2. The summed E-state index contributed by atoms with van der Waals surface area (Å²) >= 11 is 0. The van der Waals surface area contributed by atoms with E-state index in [0.29, 0.717) is 11.5 Å². The molecular formula is C26H25F2N5O. The minimum atomic E-state index is -0.856. The first kappa shape index (κ1) is 22.0. The van der Waals surface area contributed by atoms with Crippen LogP contribution >= 0.6 is 0 Å². The number of para-hydroxylation sites is 1. The van der Waals surface area contributed by atoms with E-state index in [0.717, 1.165) is 66.8 Å². The fourth-order valence-electron chi connectivity index (χ4n) is 4.54. The minimum absolute atomic E-state index is 0.0634. The Morgan fingerprint density at radius 3 is 2.41 bits per heavy atom. The second kappa shape index (κ2) is 8.85. The number of carbonyl (C=O) groups excluding carboxylic acids is 1. The number of nitrogens with one attached hydrogen (secondary N) is 1. The largest absolute Gasteiger partial charge is 0.356 e. The zero-order valence-electron chi connectivity index (χ0n) is 19.1. The monoisotopic (exact) mass is 461 g/mol. The zero-order chi connectivity index (χ0) is 23.8. The van der Waals surface area contributed by atoms with Gasteiger partial charge in [0.1, 0.15) is 17.5 Å². The van der Waals surface area contributed by atoms with E-state index < -0.39 is 17.5 Å². The zero-order valence-corrected chi connectivity index (χ0v) is 19.1. The smallest absolute Gasteiger partial charge is 0.293 e. The van der Waals surface area contributed by atoms with Crippen molar-refractivity contribution in [2.45, 2.75) is 33.1 Å². The number of aromatic nitrogens is 3. The number of hydrogen-bond donors (Lipinski definition) is 1. The number of anilines is 2. The Labute approximate surface area is 196 Å². The standard InChI is InChI=1S/C26H25F2N5O/c1-16-17(2)33(19-9-5-3-6-10-19)25-22(16)24(32-13-7-4-8-14-32)30-23(31-25)26(34)29-21-12-11-18(27)15-20(21)28/h3,5-6,9-12,15H,4,7-8,13-14H2,1-2H3,(H,29,34). The molecule has 1 aliphatic heterocycles. The van der Waals surface area contributed by atoms with Gasteiger partial charge in [-0.2, -0.15) is 0 Å². The van der Waals surface area contributed by atoms with Crippen LogP contribution in [0.15, 0.2) is 48.5 Å². The number of aryl methyl sites for hydroxylation is 1. The van der Waals surface area contributed by atoms with Gasteiger partial charge in [-0.15, -0.1) is 0 Å². The van der Waals surface area contributed by atoms with Gasteiger partial charge < -0.3 is 10.2 Å². The van der Waals surface area contributed by atoms with E-state index in [9.17, 15) is 13.6 Å². The summed E-state index contributed by atoms with van der Waals surface area (Å²) in [5, 5.41) is 3.41. The van der Waals surface area contributed by atoms with Crippen molar-refractivity contribution in [3.8, 4) is 5.69 Å². The molecule has 1 fully saturated rings. The highest BCUT2D eigenvalue weighted by molar-refractivity contribution is 6.04. The van der Waals surface area contributed by atoms with Crippen LogP contribution < -0.4 is 10.2 Å². The number of halogens is 2. The molecule has 3 heterocycles. The molecule has 5 rings (SSSR count). The van der Waals surface area contributed by atoms with Gasteiger partial charge in [-0.3, -0.25) is 9.36 Å². The van der Waals surface area contributed by atoms with Gasteiger partial charge >= 0.3 is 0 Å². The molecule has 1 saturated heterocycles. The van der Waals surface area contributed by atoms with Crippen LogP contribution in [0.4, 0.5) is 20.3 Å². The van der Waals surface area contributed by atoms with Gasteiger partial charge in [-0.25, -0.2) is 18.7 Å². The molecule has 6 nitrogen and oxygen atoms in total. The quantitative estimate of drug-likeness (QED) is 0.432. The number of carbonyl (C=O) groups is 1. The lowest BCUT2D eigenvalue weighted by Gasteiger charge is -2.28. The van der Waals surface area contributed by atoms with Gasteiger partial charge in [0.05, 0.1) is 11.1 Å². The number of rotatable bonds is 4. The van der Waals surface area contributed by atoms with E-state index in [1.165, 1.54) is 6.07 Å². The van der Waals surface area contributed by atoms with E-state index in [2.05, 4.69) is 20.2 Å². The highest BCUT2D eigenvalue weighted by atomic mass is 19.1. The summed E-state index contributed by atoms with van der Waals surface area (Å²) in [4.78, 5) is 24.7. The molecule has 0 aliphatic carbocycles. The molecule has 0 unspecified atom stereocenters. The number of piperidine rings is 1. The van der Waals surface area contributed by atoms with E-state index in [4.69, 9.17) is 0 Å². The van der Waals surface area contributed by atoms with Crippen molar-refractivity contribution in [1.82, 2.24) is 14.5 Å². The van der Waals surface area contributed by atoms with E-state index >= 15 is 0 Å². The molecule has 0 bridgehead atoms. The molecule has 0 atom stereocenters.